The number of rotatable bonds is 6. The first-order chi connectivity index (χ1) is 12.1. The molecule has 130 valence electrons. The number of imidazole rings is 1. The van der Waals surface area contributed by atoms with Crippen molar-refractivity contribution in [3.05, 3.63) is 42.5 Å². The van der Waals surface area contributed by atoms with Gasteiger partial charge in [0.1, 0.15) is 6.33 Å². The molecule has 2 heterocycles. The fourth-order valence-electron chi connectivity index (χ4n) is 2.74. The van der Waals surface area contributed by atoms with E-state index in [9.17, 15) is 8.42 Å². The standard InChI is InChI=1S/C17H19N5O2S/c1-2-25(23,24)9-12-3-5-13(6-4-12)21-16-15-17(19-10-18-16)22(11-20-15)14-7-8-14/h3-6,10-11,14H,2,7-9H2,1H3,(H,18,19,21). The van der Waals surface area contributed by atoms with Crippen LogP contribution >= 0.6 is 0 Å². The van der Waals surface area contributed by atoms with Crippen molar-refractivity contribution in [2.45, 2.75) is 31.6 Å². The zero-order chi connectivity index (χ0) is 17.4. The quantitative estimate of drug-likeness (QED) is 0.729. The zero-order valence-electron chi connectivity index (χ0n) is 13.9. The lowest BCUT2D eigenvalue weighted by molar-refractivity contribution is 0.596. The van der Waals surface area contributed by atoms with Gasteiger partial charge in [-0.25, -0.2) is 23.4 Å². The number of nitrogens with zero attached hydrogens (tertiary/aromatic N) is 4. The van der Waals surface area contributed by atoms with Crippen molar-refractivity contribution in [3.8, 4) is 0 Å². The Morgan fingerprint density at radius 3 is 2.60 bits per heavy atom. The van der Waals surface area contributed by atoms with E-state index in [4.69, 9.17) is 0 Å². The van der Waals surface area contributed by atoms with Gasteiger partial charge in [-0.05, 0) is 30.5 Å². The minimum Gasteiger partial charge on any atom is -0.338 e. The number of fused-ring (bicyclic) bond motifs is 1. The molecule has 0 spiro atoms. The molecule has 1 fully saturated rings. The van der Waals surface area contributed by atoms with Crippen LogP contribution in [0.1, 0.15) is 31.4 Å². The van der Waals surface area contributed by atoms with Gasteiger partial charge in [0.25, 0.3) is 0 Å². The van der Waals surface area contributed by atoms with Crippen molar-refractivity contribution in [1.82, 2.24) is 19.5 Å². The highest BCUT2D eigenvalue weighted by molar-refractivity contribution is 7.90. The van der Waals surface area contributed by atoms with E-state index in [-0.39, 0.29) is 11.5 Å². The van der Waals surface area contributed by atoms with Gasteiger partial charge in [0.05, 0.1) is 12.1 Å². The first kappa shape index (κ1) is 16.0. The molecular formula is C17H19N5O2S. The third kappa shape index (κ3) is 3.34. The minimum atomic E-state index is -3.03. The molecule has 1 aliphatic carbocycles. The Morgan fingerprint density at radius 2 is 1.92 bits per heavy atom. The van der Waals surface area contributed by atoms with Crippen LogP contribution in [0.3, 0.4) is 0 Å². The summed E-state index contributed by atoms with van der Waals surface area (Å²) in [6.45, 7) is 1.66. The monoisotopic (exact) mass is 357 g/mol. The molecular weight excluding hydrogens is 338 g/mol. The molecule has 1 N–H and O–H groups in total. The first-order valence-corrected chi connectivity index (χ1v) is 10.1. The lowest BCUT2D eigenvalue weighted by atomic mass is 10.2. The molecule has 25 heavy (non-hydrogen) atoms. The van der Waals surface area contributed by atoms with E-state index in [1.807, 2.05) is 30.6 Å². The summed E-state index contributed by atoms with van der Waals surface area (Å²) in [7, 11) is -3.03. The van der Waals surface area contributed by atoms with Crippen molar-refractivity contribution < 1.29 is 8.42 Å². The molecule has 3 aromatic rings. The van der Waals surface area contributed by atoms with Crippen LogP contribution in [0.15, 0.2) is 36.9 Å². The number of nitrogens with one attached hydrogen (secondary N) is 1. The molecule has 0 amide bonds. The Balaban J connectivity index is 1.57. The average Bonchev–Trinajstić information content (AvgIpc) is 3.36. The minimum absolute atomic E-state index is 0.0628. The Labute approximate surface area is 146 Å². The van der Waals surface area contributed by atoms with Crippen molar-refractivity contribution in [1.29, 1.82) is 0 Å². The summed E-state index contributed by atoms with van der Waals surface area (Å²) in [5.74, 6) is 0.862. The highest BCUT2D eigenvalue weighted by atomic mass is 32.2. The molecule has 1 saturated carbocycles. The van der Waals surface area contributed by atoms with E-state index in [0.29, 0.717) is 11.9 Å². The van der Waals surface area contributed by atoms with Gasteiger partial charge >= 0.3 is 0 Å². The summed E-state index contributed by atoms with van der Waals surface area (Å²) in [6.07, 6.45) is 5.69. The maximum Gasteiger partial charge on any atom is 0.165 e. The molecule has 0 bridgehead atoms. The predicted molar refractivity (Wildman–Crippen MR) is 96.5 cm³/mol. The van der Waals surface area contributed by atoms with Gasteiger partial charge in [-0.3, -0.25) is 0 Å². The largest absolute Gasteiger partial charge is 0.338 e. The second kappa shape index (κ2) is 6.11. The molecule has 1 aliphatic rings. The van der Waals surface area contributed by atoms with Crippen molar-refractivity contribution >= 4 is 32.5 Å². The van der Waals surface area contributed by atoms with Crippen LogP contribution in [0.25, 0.3) is 11.2 Å². The smallest absolute Gasteiger partial charge is 0.165 e. The molecule has 7 nitrogen and oxygen atoms in total. The highest BCUT2D eigenvalue weighted by Crippen LogP contribution is 2.37. The van der Waals surface area contributed by atoms with Gasteiger partial charge in [-0.2, -0.15) is 0 Å². The second-order valence-corrected chi connectivity index (χ2v) is 8.63. The van der Waals surface area contributed by atoms with Crippen LogP contribution in [0, 0.1) is 0 Å². The van der Waals surface area contributed by atoms with Gasteiger partial charge in [-0.1, -0.05) is 19.1 Å². The topological polar surface area (TPSA) is 89.8 Å². The zero-order valence-corrected chi connectivity index (χ0v) is 14.7. The number of benzene rings is 1. The van der Waals surface area contributed by atoms with Crippen LogP contribution in [-0.2, 0) is 15.6 Å². The lowest BCUT2D eigenvalue weighted by Gasteiger charge is -2.08. The molecule has 0 unspecified atom stereocenters. The molecule has 8 heteroatoms. The molecule has 2 aromatic heterocycles. The first-order valence-electron chi connectivity index (χ1n) is 8.29. The summed E-state index contributed by atoms with van der Waals surface area (Å²) < 4.78 is 25.5. The van der Waals surface area contributed by atoms with Crippen LogP contribution < -0.4 is 5.32 Å². The lowest BCUT2D eigenvalue weighted by Crippen LogP contribution is -2.06. The van der Waals surface area contributed by atoms with Crippen LogP contribution in [0.4, 0.5) is 11.5 Å². The Hall–Kier alpha value is -2.48. The fraction of sp³-hybridized carbons (Fsp3) is 0.353. The summed E-state index contributed by atoms with van der Waals surface area (Å²) in [4.78, 5) is 13.1. The van der Waals surface area contributed by atoms with Gasteiger partial charge in [0.15, 0.2) is 26.8 Å². The van der Waals surface area contributed by atoms with Gasteiger partial charge < -0.3 is 9.88 Å². The predicted octanol–water partition coefficient (Wildman–Crippen LogP) is 2.84. The summed E-state index contributed by atoms with van der Waals surface area (Å²) in [6, 6.07) is 7.85. The third-order valence-electron chi connectivity index (χ3n) is 4.34. The van der Waals surface area contributed by atoms with Crippen molar-refractivity contribution in [2.75, 3.05) is 11.1 Å². The normalized spacial score (nSPS) is 14.8. The maximum absolute atomic E-state index is 11.7. The van der Waals surface area contributed by atoms with E-state index < -0.39 is 9.84 Å². The number of anilines is 2. The number of aromatic nitrogens is 4. The maximum atomic E-state index is 11.7. The van der Waals surface area contributed by atoms with E-state index in [1.54, 1.807) is 6.92 Å². The van der Waals surface area contributed by atoms with Crippen LogP contribution in [0.5, 0.6) is 0 Å². The summed E-state index contributed by atoms with van der Waals surface area (Å²) in [5, 5.41) is 3.25. The van der Waals surface area contributed by atoms with E-state index in [0.717, 1.165) is 22.4 Å². The van der Waals surface area contributed by atoms with E-state index >= 15 is 0 Å². The molecule has 0 aliphatic heterocycles. The van der Waals surface area contributed by atoms with Gasteiger partial charge in [0, 0.05) is 17.5 Å². The highest BCUT2D eigenvalue weighted by Gasteiger charge is 2.26. The van der Waals surface area contributed by atoms with Crippen molar-refractivity contribution in [2.24, 2.45) is 0 Å². The molecule has 0 radical (unpaired) electrons. The Kier molecular flexibility index (Phi) is 3.91. The van der Waals surface area contributed by atoms with Gasteiger partial charge in [-0.15, -0.1) is 0 Å². The number of hydrogen-bond acceptors (Lipinski definition) is 6. The summed E-state index contributed by atoms with van der Waals surface area (Å²) >= 11 is 0. The van der Waals surface area contributed by atoms with Crippen molar-refractivity contribution in [3.63, 3.8) is 0 Å². The van der Waals surface area contributed by atoms with Crippen LogP contribution in [0.2, 0.25) is 0 Å². The molecule has 0 saturated heterocycles. The third-order valence-corrected chi connectivity index (χ3v) is 5.99. The molecule has 1 aromatic carbocycles. The molecule has 4 rings (SSSR count). The van der Waals surface area contributed by atoms with Crippen LogP contribution in [-0.4, -0.2) is 33.7 Å². The number of hydrogen-bond donors (Lipinski definition) is 1. The van der Waals surface area contributed by atoms with E-state index in [1.165, 1.54) is 19.2 Å². The SMILES string of the molecule is CCS(=O)(=O)Cc1ccc(Nc2ncnc3c2ncn3C2CC2)cc1. The Bertz CT molecular complexity index is 1010. The summed E-state index contributed by atoms with van der Waals surface area (Å²) in [5.41, 5.74) is 3.19. The average molecular weight is 357 g/mol. The number of sulfone groups is 1. The second-order valence-electron chi connectivity index (χ2n) is 6.28. The fourth-order valence-corrected chi connectivity index (χ4v) is 3.64. The molecule has 0 atom stereocenters. The van der Waals surface area contributed by atoms with Gasteiger partial charge in [0.2, 0.25) is 0 Å². The Morgan fingerprint density at radius 1 is 1.16 bits per heavy atom. The van der Waals surface area contributed by atoms with E-state index in [2.05, 4.69) is 24.8 Å².